The molecule has 1 N–H and O–H groups in total. The van der Waals surface area contributed by atoms with E-state index in [0.717, 1.165) is 12.1 Å². The van der Waals surface area contributed by atoms with Crippen LogP contribution in [0.2, 0.25) is 0 Å². The van der Waals surface area contributed by atoms with Crippen molar-refractivity contribution in [3.8, 4) is 0 Å². The van der Waals surface area contributed by atoms with E-state index in [1.807, 2.05) is 10.7 Å². The number of carboxylic acids is 1. The Morgan fingerprint density at radius 3 is 3.00 bits per heavy atom. The second-order valence-corrected chi connectivity index (χ2v) is 5.42. The van der Waals surface area contributed by atoms with E-state index in [0.29, 0.717) is 17.4 Å². The van der Waals surface area contributed by atoms with Crippen LogP contribution in [0.25, 0.3) is 11.0 Å². The van der Waals surface area contributed by atoms with Gasteiger partial charge in [0, 0.05) is 6.54 Å². The molecule has 3 rings (SSSR count). The molecule has 5 heteroatoms. The maximum Gasteiger partial charge on any atom is 0.338 e. The molecule has 0 radical (unpaired) electrons. The van der Waals surface area contributed by atoms with Crippen LogP contribution in [0.5, 0.6) is 0 Å². The van der Waals surface area contributed by atoms with Crippen molar-refractivity contribution >= 4 is 17.0 Å². The molecule has 1 heterocycles. The second-order valence-electron chi connectivity index (χ2n) is 5.42. The third-order valence-corrected chi connectivity index (χ3v) is 4.22. The Balaban J connectivity index is 1.97. The number of rotatable bonds is 3. The van der Waals surface area contributed by atoms with Gasteiger partial charge in [-0.05, 0) is 30.4 Å². The molecule has 0 bridgehead atoms. The van der Waals surface area contributed by atoms with Crippen LogP contribution >= 0.6 is 0 Å². The first kappa shape index (κ1) is 12.1. The highest BCUT2D eigenvalue weighted by molar-refractivity contribution is 6.00. The highest BCUT2D eigenvalue weighted by Gasteiger charge is 2.25. The van der Waals surface area contributed by atoms with E-state index in [-0.39, 0.29) is 5.56 Å². The first-order valence-electron chi connectivity index (χ1n) is 6.72. The molecular weight excluding hydrogens is 242 g/mol. The number of carbonyl (C=O) groups is 1. The highest BCUT2D eigenvalue weighted by Crippen LogP contribution is 2.32. The second kappa shape index (κ2) is 4.64. The van der Waals surface area contributed by atoms with Crippen molar-refractivity contribution in [3.63, 3.8) is 0 Å². The van der Waals surface area contributed by atoms with Gasteiger partial charge in [-0.15, -0.1) is 5.10 Å². The number of hydrogen-bond acceptors (Lipinski definition) is 3. The van der Waals surface area contributed by atoms with E-state index < -0.39 is 5.97 Å². The van der Waals surface area contributed by atoms with Gasteiger partial charge in [-0.1, -0.05) is 31.0 Å². The molecule has 0 spiro atoms. The summed E-state index contributed by atoms with van der Waals surface area (Å²) in [7, 11) is 0. The normalized spacial score (nSPS) is 23.0. The van der Waals surface area contributed by atoms with E-state index in [1.54, 1.807) is 12.1 Å². The van der Waals surface area contributed by atoms with Crippen molar-refractivity contribution in [2.45, 2.75) is 32.7 Å². The number of aromatic carboxylic acids is 1. The molecule has 5 nitrogen and oxygen atoms in total. The van der Waals surface area contributed by atoms with Gasteiger partial charge in [0.15, 0.2) is 0 Å². The Hall–Kier alpha value is -1.91. The molecule has 2 atom stereocenters. The average Bonchev–Trinajstić information content (AvgIpc) is 2.97. The van der Waals surface area contributed by atoms with Crippen LogP contribution in [0.1, 0.15) is 36.5 Å². The lowest BCUT2D eigenvalue weighted by molar-refractivity contribution is 0.0699. The third-order valence-electron chi connectivity index (χ3n) is 4.22. The summed E-state index contributed by atoms with van der Waals surface area (Å²) in [5, 5.41) is 17.3. The fourth-order valence-corrected chi connectivity index (χ4v) is 3.01. The van der Waals surface area contributed by atoms with Crippen LogP contribution in [0.15, 0.2) is 18.2 Å². The minimum absolute atomic E-state index is 0.225. The molecule has 2 unspecified atom stereocenters. The summed E-state index contributed by atoms with van der Waals surface area (Å²) in [6.07, 6.45) is 3.78. The summed E-state index contributed by atoms with van der Waals surface area (Å²) >= 11 is 0. The zero-order valence-corrected chi connectivity index (χ0v) is 10.9. The largest absolute Gasteiger partial charge is 0.478 e. The molecule has 2 aromatic rings. The fraction of sp³-hybridized carbons (Fsp3) is 0.500. The van der Waals surface area contributed by atoms with E-state index in [9.17, 15) is 4.79 Å². The van der Waals surface area contributed by atoms with Gasteiger partial charge >= 0.3 is 5.97 Å². The van der Waals surface area contributed by atoms with Crippen LogP contribution in [-0.4, -0.2) is 26.1 Å². The van der Waals surface area contributed by atoms with Crippen molar-refractivity contribution < 1.29 is 9.90 Å². The standard InChI is InChI=1S/C14H17N3O2/c1-9-4-2-5-10(9)8-17-12-7-3-6-11(14(18)19)13(12)15-16-17/h3,6-7,9-10H,2,4-5,8H2,1H3,(H,18,19). The van der Waals surface area contributed by atoms with Gasteiger partial charge in [-0.2, -0.15) is 0 Å². The summed E-state index contributed by atoms with van der Waals surface area (Å²) in [5.74, 6) is 0.382. The first-order chi connectivity index (χ1) is 9.16. The van der Waals surface area contributed by atoms with Gasteiger partial charge in [-0.3, -0.25) is 0 Å². The Bertz CT molecular complexity index is 620. The van der Waals surface area contributed by atoms with Crippen molar-refractivity contribution in [1.82, 2.24) is 15.0 Å². The van der Waals surface area contributed by atoms with Crippen LogP contribution < -0.4 is 0 Å². The maximum absolute atomic E-state index is 11.1. The molecule has 0 amide bonds. The zero-order valence-electron chi connectivity index (χ0n) is 10.9. The summed E-state index contributed by atoms with van der Waals surface area (Å²) in [4.78, 5) is 11.1. The van der Waals surface area contributed by atoms with Gasteiger partial charge in [0.25, 0.3) is 0 Å². The van der Waals surface area contributed by atoms with Crippen molar-refractivity contribution in [1.29, 1.82) is 0 Å². The summed E-state index contributed by atoms with van der Waals surface area (Å²) in [6.45, 7) is 3.11. The van der Waals surface area contributed by atoms with Gasteiger partial charge in [-0.25, -0.2) is 9.48 Å². The van der Waals surface area contributed by atoms with Gasteiger partial charge in [0.2, 0.25) is 0 Å². The van der Waals surface area contributed by atoms with Gasteiger partial charge < -0.3 is 5.11 Å². The minimum atomic E-state index is -0.952. The van der Waals surface area contributed by atoms with Crippen molar-refractivity contribution in [2.24, 2.45) is 11.8 Å². The number of carboxylic acid groups (broad SMARTS) is 1. The van der Waals surface area contributed by atoms with Gasteiger partial charge in [0.05, 0.1) is 11.1 Å². The Labute approximate surface area is 111 Å². The van der Waals surface area contributed by atoms with Crippen LogP contribution in [0.4, 0.5) is 0 Å². The van der Waals surface area contributed by atoms with E-state index >= 15 is 0 Å². The van der Waals surface area contributed by atoms with E-state index in [4.69, 9.17) is 5.11 Å². The smallest absolute Gasteiger partial charge is 0.338 e. The number of nitrogens with zero attached hydrogens (tertiary/aromatic N) is 3. The molecule has 0 saturated heterocycles. The first-order valence-corrected chi connectivity index (χ1v) is 6.72. The molecule has 1 aromatic carbocycles. The Morgan fingerprint density at radius 1 is 1.47 bits per heavy atom. The highest BCUT2D eigenvalue weighted by atomic mass is 16.4. The molecule has 1 saturated carbocycles. The third kappa shape index (κ3) is 2.09. The number of hydrogen-bond donors (Lipinski definition) is 1. The molecular formula is C14H17N3O2. The quantitative estimate of drug-likeness (QED) is 0.919. The Morgan fingerprint density at radius 2 is 2.32 bits per heavy atom. The molecule has 100 valence electrons. The molecule has 1 aliphatic rings. The van der Waals surface area contributed by atoms with E-state index in [1.165, 1.54) is 19.3 Å². The average molecular weight is 259 g/mol. The lowest BCUT2D eigenvalue weighted by atomic mass is 9.98. The summed E-state index contributed by atoms with van der Waals surface area (Å²) in [6, 6.07) is 5.22. The molecule has 1 aliphatic carbocycles. The number of fused-ring (bicyclic) bond motifs is 1. The maximum atomic E-state index is 11.1. The van der Waals surface area contributed by atoms with Crippen LogP contribution in [-0.2, 0) is 6.54 Å². The zero-order chi connectivity index (χ0) is 13.4. The van der Waals surface area contributed by atoms with Gasteiger partial charge in [0.1, 0.15) is 5.52 Å². The predicted octanol–water partition coefficient (Wildman–Crippen LogP) is 2.57. The lowest BCUT2D eigenvalue weighted by Crippen LogP contribution is -2.14. The minimum Gasteiger partial charge on any atom is -0.478 e. The Kier molecular flexibility index (Phi) is 2.97. The van der Waals surface area contributed by atoms with E-state index in [2.05, 4.69) is 17.2 Å². The predicted molar refractivity (Wildman–Crippen MR) is 71.0 cm³/mol. The SMILES string of the molecule is CC1CCCC1Cn1nnc2c(C(=O)O)cccc21. The topological polar surface area (TPSA) is 68.0 Å². The van der Waals surface area contributed by atoms with Crippen LogP contribution in [0.3, 0.4) is 0 Å². The summed E-state index contributed by atoms with van der Waals surface area (Å²) < 4.78 is 1.86. The van der Waals surface area contributed by atoms with Crippen LogP contribution in [0, 0.1) is 11.8 Å². The number of benzene rings is 1. The molecule has 0 aliphatic heterocycles. The summed E-state index contributed by atoms with van der Waals surface area (Å²) in [5.41, 5.74) is 1.53. The lowest BCUT2D eigenvalue weighted by Gasteiger charge is -2.15. The molecule has 19 heavy (non-hydrogen) atoms. The molecule has 1 fully saturated rings. The monoisotopic (exact) mass is 259 g/mol. The van der Waals surface area contributed by atoms with Crippen molar-refractivity contribution in [3.05, 3.63) is 23.8 Å². The molecule has 1 aromatic heterocycles. The fourth-order valence-electron chi connectivity index (χ4n) is 3.01. The number of aromatic nitrogens is 3. The van der Waals surface area contributed by atoms with Crippen molar-refractivity contribution in [2.75, 3.05) is 0 Å².